The van der Waals surface area contributed by atoms with Crippen LogP contribution in [0.25, 0.3) is 11.0 Å². The highest BCUT2D eigenvalue weighted by molar-refractivity contribution is 7.90. The quantitative estimate of drug-likeness (QED) is 0.0751. The molecule has 1 spiro atoms. The van der Waals surface area contributed by atoms with Gasteiger partial charge in [-0.15, -0.1) is 0 Å². The zero-order valence-corrected chi connectivity index (χ0v) is 40.6. The van der Waals surface area contributed by atoms with E-state index in [4.69, 9.17) is 23.9 Å². The number of para-hydroxylation sites is 1. The van der Waals surface area contributed by atoms with Gasteiger partial charge in [-0.05, 0) is 138 Å². The Morgan fingerprint density at radius 3 is 2.56 bits per heavy atom. The van der Waals surface area contributed by atoms with Crippen molar-refractivity contribution in [2.45, 2.75) is 107 Å². The van der Waals surface area contributed by atoms with Crippen molar-refractivity contribution in [1.82, 2.24) is 19.6 Å². The fourth-order valence-corrected chi connectivity index (χ4v) is 13.0. The minimum absolute atomic E-state index is 0.113. The summed E-state index contributed by atoms with van der Waals surface area (Å²) >= 11 is 0. The molecular formula is C52H62N8O9S. The number of amides is 1. The van der Waals surface area contributed by atoms with Gasteiger partial charge in [-0.2, -0.15) is 4.98 Å². The number of piperidine rings is 1. The molecule has 1 aliphatic carbocycles. The molecule has 6 aliphatic rings. The van der Waals surface area contributed by atoms with E-state index in [0.29, 0.717) is 74.4 Å². The number of fused-ring (bicyclic) bond motifs is 3. The van der Waals surface area contributed by atoms with Crippen LogP contribution in [0.1, 0.15) is 93.6 Å². The van der Waals surface area contributed by atoms with Crippen molar-refractivity contribution in [3.8, 4) is 11.6 Å². The Balaban J connectivity index is 0.867. The Morgan fingerprint density at radius 2 is 1.76 bits per heavy atom. The molecule has 0 unspecified atom stereocenters. The molecule has 0 radical (unpaired) electrons. The molecule has 370 valence electrons. The van der Waals surface area contributed by atoms with Crippen LogP contribution >= 0.6 is 0 Å². The Kier molecular flexibility index (Phi) is 12.6. The predicted octanol–water partition coefficient (Wildman–Crippen LogP) is 8.49. The number of carbonyl (C=O) groups excluding carboxylic acids is 1. The number of sulfonamides is 1. The second kappa shape index (κ2) is 19.0. The SMILES string of the molecule is CC(C)Oc1ccccc1[C@@H]1CCCN1C1CC2(CCN(c3ccc(C(=O)NS(=O)(=O)c4ccc(NCC5CCOCC5)c([N+](=O)[O-])c4)c(N4c5cc6cc[nH]c6nc5O[C@@H]5COCC[C@H]54)c3)CC2)C1. The summed E-state index contributed by atoms with van der Waals surface area (Å²) in [6.45, 7) is 9.46. The van der Waals surface area contributed by atoms with Gasteiger partial charge in [0.05, 0.1) is 39.8 Å². The molecule has 0 bridgehead atoms. The third-order valence-electron chi connectivity index (χ3n) is 15.6. The van der Waals surface area contributed by atoms with Gasteiger partial charge < -0.3 is 39.0 Å². The molecule has 17 nitrogen and oxygen atoms in total. The number of nitro benzene ring substituents is 1. The van der Waals surface area contributed by atoms with Crippen molar-refractivity contribution in [2.75, 3.05) is 67.7 Å². The maximum atomic E-state index is 14.7. The Hall–Kier alpha value is -5.95. The van der Waals surface area contributed by atoms with Gasteiger partial charge in [0.1, 0.15) is 28.9 Å². The van der Waals surface area contributed by atoms with E-state index in [0.717, 1.165) is 74.6 Å². The van der Waals surface area contributed by atoms with E-state index in [1.165, 1.54) is 37.0 Å². The maximum absolute atomic E-state index is 14.7. The van der Waals surface area contributed by atoms with Crippen LogP contribution in [0.3, 0.4) is 0 Å². The van der Waals surface area contributed by atoms with E-state index in [9.17, 15) is 23.3 Å². The molecule has 1 amide bonds. The molecule has 5 aliphatic heterocycles. The lowest BCUT2D eigenvalue weighted by atomic mass is 9.60. The van der Waals surface area contributed by atoms with Crippen molar-refractivity contribution in [3.63, 3.8) is 0 Å². The summed E-state index contributed by atoms with van der Waals surface area (Å²) in [7, 11) is -4.59. The number of rotatable bonds is 13. The van der Waals surface area contributed by atoms with Crippen LogP contribution in [0.15, 0.2) is 83.9 Å². The van der Waals surface area contributed by atoms with Gasteiger partial charge >= 0.3 is 0 Å². The number of aromatic nitrogens is 2. The number of nitrogens with one attached hydrogen (secondary N) is 3. The first-order valence-electron chi connectivity index (χ1n) is 25.0. The van der Waals surface area contributed by atoms with E-state index in [2.05, 4.69) is 67.8 Å². The molecule has 5 aromatic rings. The first-order chi connectivity index (χ1) is 33.9. The van der Waals surface area contributed by atoms with Gasteiger partial charge in [0.25, 0.3) is 21.6 Å². The number of carbonyl (C=O) groups is 1. The van der Waals surface area contributed by atoms with Gasteiger partial charge in [-0.3, -0.25) is 19.8 Å². The van der Waals surface area contributed by atoms with Gasteiger partial charge in [0.15, 0.2) is 0 Å². The number of nitro groups is 1. The molecule has 18 heteroatoms. The molecule has 3 N–H and O–H groups in total. The monoisotopic (exact) mass is 974 g/mol. The first kappa shape index (κ1) is 46.4. The van der Waals surface area contributed by atoms with Crippen molar-refractivity contribution < 1.29 is 37.1 Å². The summed E-state index contributed by atoms with van der Waals surface area (Å²) < 4.78 is 54.7. The van der Waals surface area contributed by atoms with Crippen LogP contribution in [-0.4, -0.2) is 111 Å². The molecule has 2 aromatic heterocycles. The third-order valence-corrected chi connectivity index (χ3v) is 17.0. The molecular weight excluding hydrogens is 913 g/mol. The normalized spacial score (nSPS) is 22.9. The molecule has 1 saturated carbocycles. The van der Waals surface area contributed by atoms with Crippen molar-refractivity contribution in [3.05, 3.63) is 100 Å². The number of anilines is 4. The Morgan fingerprint density at radius 1 is 0.957 bits per heavy atom. The first-order valence-corrected chi connectivity index (χ1v) is 26.5. The summed E-state index contributed by atoms with van der Waals surface area (Å²) in [4.78, 5) is 41.2. The van der Waals surface area contributed by atoms with Crippen LogP contribution in [0.4, 0.5) is 28.4 Å². The molecule has 7 heterocycles. The summed E-state index contributed by atoms with van der Waals surface area (Å²) in [5, 5.41) is 16.3. The largest absolute Gasteiger partial charge is 0.491 e. The highest BCUT2D eigenvalue weighted by atomic mass is 32.2. The summed E-state index contributed by atoms with van der Waals surface area (Å²) in [5.41, 5.74) is 4.23. The van der Waals surface area contributed by atoms with Crippen molar-refractivity contribution >= 4 is 55.4 Å². The van der Waals surface area contributed by atoms with Gasteiger partial charge in [-0.1, -0.05) is 18.2 Å². The van der Waals surface area contributed by atoms with Crippen LogP contribution in [-0.2, 0) is 19.5 Å². The summed E-state index contributed by atoms with van der Waals surface area (Å²) in [5.74, 6) is 0.773. The number of hydrogen-bond acceptors (Lipinski definition) is 14. The minimum Gasteiger partial charge on any atom is -0.491 e. The highest BCUT2D eigenvalue weighted by Gasteiger charge is 2.50. The van der Waals surface area contributed by atoms with Gasteiger partial charge in [0.2, 0.25) is 5.88 Å². The van der Waals surface area contributed by atoms with E-state index >= 15 is 0 Å². The topological polar surface area (TPSA) is 194 Å². The van der Waals surface area contributed by atoms with Crippen LogP contribution in [0.2, 0.25) is 0 Å². The summed E-state index contributed by atoms with van der Waals surface area (Å²) in [6, 6.07) is 22.4. The number of aromatic amines is 1. The lowest BCUT2D eigenvalue weighted by molar-refractivity contribution is -0.384. The lowest BCUT2D eigenvalue weighted by Gasteiger charge is -2.56. The molecule has 4 saturated heterocycles. The number of nitrogens with zero attached hydrogens (tertiary/aromatic N) is 5. The fourth-order valence-electron chi connectivity index (χ4n) is 12.0. The Labute approximate surface area is 408 Å². The van der Waals surface area contributed by atoms with Crippen molar-refractivity contribution in [1.29, 1.82) is 0 Å². The number of hydrogen-bond donors (Lipinski definition) is 3. The highest BCUT2D eigenvalue weighted by Crippen LogP contribution is 2.55. The van der Waals surface area contributed by atoms with Gasteiger partial charge in [-0.25, -0.2) is 13.1 Å². The number of ether oxygens (including phenoxy) is 4. The average Bonchev–Trinajstić information content (AvgIpc) is 4.03. The maximum Gasteiger partial charge on any atom is 0.293 e. The fraction of sp³-hybridized carbons (Fsp3) is 0.500. The summed E-state index contributed by atoms with van der Waals surface area (Å²) in [6.07, 6.45) is 10.5. The molecule has 5 fully saturated rings. The predicted molar refractivity (Wildman–Crippen MR) is 266 cm³/mol. The minimum atomic E-state index is -4.59. The lowest BCUT2D eigenvalue weighted by Crippen LogP contribution is -2.55. The van der Waals surface area contributed by atoms with Crippen LogP contribution in [0, 0.1) is 21.4 Å². The van der Waals surface area contributed by atoms with Gasteiger partial charge in [0, 0.05) is 80.4 Å². The van der Waals surface area contributed by atoms with E-state index in [-0.39, 0.29) is 34.7 Å². The number of pyridine rings is 1. The van der Waals surface area contributed by atoms with Crippen molar-refractivity contribution in [2.24, 2.45) is 11.3 Å². The van der Waals surface area contributed by atoms with E-state index in [1.807, 2.05) is 30.5 Å². The third kappa shape index (κ3) is 9.03. The van der Waals surface area contributed by atoms with E-state index < -0.39 is 37.5 Å². The average molecular weight is 975 g/mol. The van der Waals surface area contributed by atoms with Crippen LogP contribution < -0.4 is 29.3 Å². The van der Waals surface area contributed by atoms with E-state index in [1.54, 1.807) is 6.07 Å². The zero-order valence-electron chi connectivity index (χ0n) is 39.8. The second-order valence-electron chi connectivity index (χ2n) is 20.3. The standard InChI is InChI=1S/C52H62N8O9S/c1-33(2)68-47-8-4-3-6-39(47)42-7-5-20-58(42)37-29-52(30-37)17-21-57(22-18-52)36-9-11-40(44(27-36)59-43-16-25-67-32-48(43)69-51-46(59)26-35-13-19-53-49(35)55-51)50(61)56-70(64,65)38-10-12-41(45(28-38)60(62)63)54-31-34-14-23-66-24-15-34/h3-4,6,8-13,19,26-28,33-34,37,42-43,48,54H,5,7,14-18,20-25,29-32H2,1-2H3,(H,53,55)(H,56,61)/t42-,43+,48+/m0/s1. The number of H-pyrrole nitrogens is 1. The molecule has 11 rings (SSSR count). The zero-order chi connectivity index (χ0) is 48.1. The number of likely N-dealkylation sites (tertiary alicyclic amines) is 1. The molecule has 70 heavy (non-hydrogen) atoms. The number of benzene rings is 3. The smallest absolute Gasteiger partial charge is 0.293 e. The molecule has 3 aromatic carbocycles. The second-order valence-corrected chi connectivity index (χ2v) is 22.0. The molecule has 3 atom stereocenters. The Bertz CT molecular complexity index is 2870. The van der Waals surface area contributed by atoms with Crippen LogP contribution in [0.5, 0.6) is 11.6 Å².